The predicted molar refractivity (Wildman–Crippen MR) is 112 cm³/mol. The van der Waals surface area contributed by atoms with Crippen LogP contribution in [-0.2, 0) is 6.54 Å². The van der Waals surface area contributed by atoms with Gasteiger partial charge in [-0.2, -0.15) is 10.2 Å². The van der Waals surface area contributed by atoms with Crippen molar-refractivity contribution in [2.45, 2.75) is 39.7 Å². The molecule has 1 amide bonds. The third kappa shape index (κ3) is 4.74. The van der Waals surface area contributed by atoms with Crippen LogP contribution < -0.4 is 11.0 Å². The lowest BCUT2D eigenvalue weighted by Gasteiger charge is -2.10. The van der Waals surface area contributed by atoms with Gasteiger partial charge < -0.3 is 0 Å². The van der Waals surface area contributed by atoms with Crippen molar-refractivity contribution in [2.75, 3.05) is 0 Å². The molecule has 6 nitrogen and oxygen atoms in total. The van der Waals surface area contributed by atoms with Gasteiger partial charge in [-0.25, -0.2) is 14.5 Å². The average Bonchev–Trinajstić information content (AvgIpc) is 2.74. The number of nitrogens with zero attached hydrogens (tertiary/aromatic N) is 3. The van der Waals surface area contributed by atoms with Crippen molar-refractivity contribution < 1.29 is 9.18 Å². The fraction of sp³-hybridized carbons (Fsp3) is 0.273. The van der Waals surface area contributed by atoms with Gasteiger partial charge >= 0.3 is 0 Å². The number of unbranched alkanes of at least 4 members (excludes halogenated alkanes) is 2. The third-order valence-corrected chi connectivity index (χ3v) is 4.64. The van der Waals surface area contributed by atoms with Crippen molar-refractivity contribution in [3.63, 3.8) is 0 Å². The minimum atomic E-state index is -0.507. The molecule has 3 rings (SSSR count). The van der Waals surface area contributed by atoms with E-state index in [1.54, 1.807) is 43.3 Å². The zero-order valence-corrected chi connectivity index (χ0v) is 16.5. The normalized spacial score (nSPS) is 11.6. The second-order valence-electron chi connectivity index (χ2n) is 6.77. The van der Waals surface area contributed by atoms with Crippen LogP contribution in [0.5, 0.6) is 0 Å². The van der Waals surface area contributed by atoms with Crippen LogP contribution in [0.1, 0.15) is 49.2 Å². The van der Waals surface area contributed by atoms with E-state index >= 15 is 0 Å². The maximum absolute atomic E-state index is 13.1. The standard InChI is InChI=1S/C22H23FN4O2/c1-3-4-7-14-27-22(29)19-9-6-5-8-18(19)20(26-27)21(28)25-24-15(2)16-10-12-17(23)13-11-16/h5-6,8-13H,3-4,7,14H2,1-2H3,(H,25,28)/b24-15-. The van der Waals surface area contributed by atoms with Crippen LogP contribution in [0.3, 0.4) is 0 Å². The first-order valence-electron chi connectivity index (χ1n) is 9.61. The number of hydrazone groups is 1. The van der Waals surface area contributed by atoms with Crippen LogP contribution in [0.15, 0.2) is 58.4 Å². The van der Waals surface area contributed by atoms with Gasteiger partial charge in [0.15, 0.2) is 5.69 Å². The van der Waals surface area contributed by atoms with Crippen LogP contribution in [0.2, 0.25) is 0 Å². The van der Waals surface area contributed by atoms with Crippen molar-refractivity contribution >= 4 is 22.4 Å². The molecule has 150 valence electrons. The van der Waals surface area contributed by atoms with Crippen LogP contribution in [0.4, 0.5) is 4.39 Å². The molecule has 3 aromatic rings. The summed E-state index contributed by atoms with van der Waals surface area (Å²) in [5, 5.41) is 9.34. The second kappa shape index (κ2) is 9.23. The van der Waals surface area contributed by atoms with Crippen molar-refractivity contribution in [3.8, 4) is 0 Å². The van der Waals surface area contributed by atoms with Gasteiger partial charge in [-0.05, 0) is 37.1 Å². The monoisotopic (exact) mass is 394 g/mol. The van der Waals surface area contributed by atoms with Gasteiger partial charge in [0.2, 0.25) is 0 Å². The first-order chi connectivity index (χ1) is 14.0. The fourth-order valence-electron chi connectivity index (χ4n) is 3.01. The van der Waals surface area contributed by atoms with Gasteiger partial charge in [0.25, 0.3) is 11.5 Å². The van der Waals surface area contributed by atoms with E-state index in [2.05, 4.69) is 22.5 Å². The summed E-state index contributed by atoms with van der Waals surface area (Å²) >= 11 is 0. The summed E-state index contributed by atoms with van der Waals surface area (Å²) in [6, 6.07) is 12.7. The Hall–Kier alpha value is -3.35. The summed E-state index contributed by atoms with van der Waals surface area (Å²) in [6.07, 6.45) is 2.81. The SMILES string of the molecule is CCCCCn1nc(C(=O)N/N=C(/C)c2ccc(F)cc2)c2ccccc2c1=O. The van der Waals surface area contributed by atoms with Gasteiger partial charge in [0, 0.05) is 11.9 Å². The summed E-state index contributed by atoms with van der Waals surface area (Å²) in [5.74, 6) is -0.849. The first-order valence-corrected chi connectivity index (χ1v) is 9.61. The maximum atomic E-state index is 13.1. The highest BCUT2D eigenvalue weighted by Crippen LogP contribution is 2.14. The molecule has 29 heavy (non-hydrogen) atoms. The molecule has 0 radical (unpaired) electrons. The Morgan fingerprint density at radius 3 is 2.48 bits per heavy atom. The van der Waals surface area contributed by atoms with E-state index in [1.807, 2.05) is 0 Å². The summed E-state index contributed by atoms with van der Waals surface area (Å²) in [5.41, 5.74) is 3.65. The van der Waals surface area contributed by atoms with Gasteiger partial charge in [0.1, 0.15) is 5.82 Å². The number of carbonyl (C=O) groups is 1. The number of amides is 1. The van der Waals surface area contributed by atoms with E-state index in [0.29, 0.717) is 28.6 Å². The Morgan fingerprint density at radius 2 is 1.79 bits per heavy atom. The molecule has 1 aromatic heterocycles. The number of rotatable bonds is 7. The number of hydrogen-bond donors (Lipinski definition) is 1. The third-order valence-electron chi connectivity index (χ3n) is 4.64. The zero-order chi connectivity index (χ0) is 20.8. The first kappa shape index (κ1) is 20.4. The molecule has 7 heteroatoms. The highest BCUT2D eigenvalue weighted by molar-refractivity contribution is 6.06. The van der Waals surface area contributed by atoms with Gasteiger partial charge in [0.05, 0.1) is 11.1 Å². The average molecular weight is 394 g/mol. The summed E-state index contributed by atoms with van der Waals surface area (Å²) in [4.78, 5) is 25.5. The van der Waals surface area contributed by atoms with Crippen molar-refractivity contribution in [1.82, 2.24) is 15.2 Å². The molecule has 1 heterocycles. The molecule has 0 spiro atoms. The molecule has 1 N–H and O–H groups in total. The smallest absolute Gasteiger partial charge is 0.267 e. The molecule has 0 saturated heterocycles. The minimum absolute atomic E-state index is 0.146. The van der Waals surface area contributed by atoms with E-state index in [1.165, 1.54) is 16.8 Å². The Bertz CT molecular complexity index is 1100. The predicted octanol–water partition coefficient (Wildman–Crippen LogP) is 3.88. The molecule has 0 bridgehead atoms. The lowest BCUT2D eigenvalue weighted by atomic mass is 10.1. The van der Waals surface area contributed by atoms with E-state index in [4.69, 9.17) is 0 Å². The van der Waals surface area contributed by atoms with Crippen molar-refractivity contribution in [3.05, 3.63) is 76.0 Å². The van der Waals surface area contributed by atoms with E-state index in [0.717, 1.165) is 19.3 Å². The van der Waals surface area contributed by atoms with Crippen LogP contribution in [0, 0.1) is 5.82 Å². The molecule has 0 atom stereocenters. The molecule has 2 aromatic carbocycles. The number of aromatic nitrogens is 2. The Balaban J connectivity index is 1.92. The number of aryl methyl sites for hydroxylation is 1. The van der Waals surface area contributed by atoms with E-state index in [-0.39, 0.29) is 17.1 Å². The van der Waals surface area contributed by atoms with E-state index in [9.17, 15) is 14.0 Å². The number of fused-ring (bicyclic) bond motifs is 1. The number of halogens is 1. The highest BCUT2D eigenvalue weighted by Gasteiger charge is 2.16. The molecular formula is C22H23FN4O2. The van der Waals surface area contributed by atoms with Gasteiger partial charge in [-0.15, -0.1) is 0 Å². The van der Waals surface area contributed by atoms with Crippen molar-refractivity contribution in [2.24, 2.45) is 5.10 Å². The molecule has 0 unspecified atom stereocenters. The summed E-state index contributed by atoms with van der Waals surface area (Å²) < 4.78 is 14.4. The van der Waals surface area contributed by atoms with E-state index < -0.39 is 5.91 Å². The van der Waals surface area contributed by atoms with Crippen LogP contribution in [-0.4, -0.2) is 21.4 Å². The van der Waals surface area contributed by atoms with Gasteiger partial charge in [-0.1, -0.05) is 50.1 Å². The summed E-state index contributed by atoms with van der Waals surface area (Å²) in [7, 11) is 0. The van der Waals surface area contributed by atoms with Gasteiger partial charge in [-0.3, -0.25) is 9.59 Å². The highest BCUT2D eigenvalue weighted by atomic mass is 19.1. The topological polar surface area (TPSA) is 76.3 Å². The lowest BCUT2D eigenvalue weighted by molar-refractivity contribution is 0.0949. The molecule has 0 saturated carbocycles. The molecule has 0 aliphatic heterocycles. The Morgan fingerprint density at radius 1 is 1.10 bits per heavy atom. The number of benzene rings is 2. The summed E-state index contributed by atoms with van der Waals surface area (Å²) in [6.45, 7) is 4.25. The maximum Gasteiger partial charge on any atom is 0.292 e. The number of carbonyl (C=O) groups excluding carboxylic acids is 1. The van der Waals surface area contributed by atoms with Crippen molar-refractivity contribution in [1.29, 1.82) is 0 Å². The number of nitrogens with one attached hydrogen (secondary N) is 1. The minimum Gasteiger partial charge on any atom is -0.267 e. The second-order valence-corrected chi connectivity index (χ2v) is 6.77. The Kier molecular flexibility index (Phi) is 6.49. The quantitative estimate of drug-likeness (QED) is 0.375. The number of hydrogen-bond acceptors (Lipinski definition) is 4. The van der Waals surface area contributed by atoms with Crippen LogP contribution in [0.25, 0.3) is 10.8 Å². The molecule has 0 aliphatic carbocycles. The largest absolute Gasteiger partial charge is 0.292 e. The molecule has 0 fully saturated rings. The lowest BCUT2D eigenvalue weighted by Crippen LogP contribution is -2.29. The Labute approximate surface area is 168 Å². The van der Waals surface area contributed by atoms with Crippen LogP contribution >= 0.6 is 0 Å². The molecular weight excluding hydrogens is 371 g/mol. The fourth-order valence-corrected chi connectivity index (χ4v) is 3.01. The molecule has 0 aliphatic rings. The zero-order valence-electron chi connectivity index (χ0n) is 16.5.